The van der Waals surface area contributed by atoms with Gasteiger partial charge in [0.05, 0.1) is 6.10 Å². The summed E-state index contributed by atoms with van der Waals surface area (Å²) in [6, 6.07) is 6.61. The Bertz CT molecular complexity index is 343. The maximum absolute atomic E-state index is 9.81. The third-order valence-electron chi connectivity index (χ3n) is 3.61. The monoisotopic (exact) mass is 204 g/mol. The molecule has 0 bridgehead atoms. The fourth-order valence-corrected chi connectivity index (χ4v) is 2.56. The third kappa shape index (κ3) is 2.40. The Kier molecular flexibility index (Phi) is 3.11. The lowest BCUT2D eigenvalue weighted by molar-refractivity contribution is 0.132. The third-order valence-corrected chi connectivity index (χ3v) is 3.61. The molecule has 1 aromatic carbocycles. The molecule has 1 aliphatic carbocycles. The first-order chi connectivity index (χ1) is 7.16. The molecule has 1 heteroatoms. The summed E-state index contributed by atoms with van der Waals surface area (Å²) in [6.07, 6.45) is 4.36. The highest BCUT2D eigenvalue weighted by atomic mass is 16.3. The van der Waals surface area contributed by atoms with Crippen LogP contribution in [0.25, 0.3) is 0 Å². The van der Waals surface area contributed by atoms with Gasteiger partial charge in [-0.2, -0.15) is 0 Å². The summed E-state index contributed by atoms with van der Waals surface area (Å²) in [5.41, 5.74) is 4.10. The highest BCUT2D eigenvalue weighted by Crippen LogP contribution is 2.29. The van der Waals surface area contributed by atoms with E-state index in [0.29, 0.717) is 5.92 Å². The van der Waals surface area contributed by atoms with Crippen LogP contribution in [-0.4, -0.2) is 11.2 Å². The van der Waals surface area contributed by atoms with Crippen molar-refractivity contribution in [2.75, 3.05) is 0 Å². The molecule has 1 aromatic rings. The van der Waals surface area contributed by atoms with Gasteiger partial charge in [-0.05, 0) is 50.2 Å². The predicted molar refractivity (Wildman–Crippen MR) is 63.0 cm³/mol. The highest BCUT2D eigenvalue weighted by Gasteiger charge is 2.25. The molecule has 0 spiro atoms. The summed E-state index contributed by atoms with van der Waals surface area (Å²) < 4.78 is 0. The molecule has 1 N–H and O–H groups in total. The van der Waals surface area contributed by atoms with Gasteiger partial charge in [-0.15, -0.1) is 0 Å². The van der Waals surface area contributed by atoms with Gasteiger partial charge in [0.2, 0.25) is 0 Å². The number of aryl methyl sites for hydroxylation is 2. The van der Waals surface area contributed by atoms with Gasteiger partial charge < -0.3 is 5.11 Å². The Balaban J connectivity index is 2.12. The van der Waals surface area contributed by atoms with Crippen LogP contribution >= 0.6 is 0 Å². The van der Waals surface area contributed by atoms with Gasteiger partial charge in [0, 0.05) is 0 Å². The number of hydrogen-bond acceptors (Lipinski definition) is 1. The second-order valence-electron chi connectivity index (χ2n) is 4.89. The van der Waals surface area contributed by atoms with Crippen LogP contribution in [0.1, 0.15) is 36.0 Å². The molecule has 1 nitrogen and oxygen atoms in total. The van der Waals surface area contributed by atoms with E-state index in [1.807, 2.05) is 0 Å². The van der Waals surface area contributed by atoms with E-state index in [2.05, 4.69) is 32.0 Å². The van der Waals surface area contributed by atoms with Crippen molar-refractivity contribution in [2.24, 2.45) is 5.92 Å². The fourth-order valence-electron chi connectivity index (χ4n) is 2.56. The van der Waals surface area contributed by atoms with Crippen LogP contribution in [0.15, 0.2) is 18.2 Å². The van der Waals surface area contributed by atoms with E-state index in [4.69, 9.17) is 0 Å². The number of aliphatic hydroxyl groups is 1. The van der Waals surface area contributed by atoms with Gasteiger partial charge in [-0.3, -0.25) is 0 Å². The number of benzene rings is 1. The van der Waals surface area contributed by atoms with Crippen LogP contribution in [0, 0.1) is 19.8 Å². The van der Waals surface area contributed by atoms with Crippen LogP contribution in [0.4, 0.5) is 0 Å². The van der Waals surface area contributed by atoms with Crippen LogP contribution in [0.5, 0.6) is 0 Å². The molecule has 2 rings (SSSR count). The second kappa shape index (κ2) is 4.36. The zero-order valence-corrected chi connectivity index (χ0v) is 9.66. The topological polar surface area (TPSA) is 20.2 Å². The van der Waals surface area contributed by atoms with E-state index in [9.17, 15) is 5.11 Å². The van der Waals surface area contributed by atoms with E-state index < -0.39 is 0 Å². The van der Waals surface area contributed by atoms with Crippen molar-refractivity contribution in [3.63, 3.8) is 0 Å². The Morgan fingerprint density at radius 2 is 2.07 bits per heavy atom. The van der Waals surface area contributed by atoms with Crippen molar-refractivity contribution in [2.45, 2.75) is 45.6 Å². The van der Waals surface area contributed by atoms with Crippen molar-refractivity contribution in [3.8, 4) is 0 Å². The molecule has 1 fully saturated rings. The molecule has 0 radical (unpaired) electrons. The summed E-state index contributed by atoms with van der Waals surface area (Å²) in [6.45, 7) is 4.30. The Morgan fingerprint density at radius 3 is 2.73 bits per heavy atom. The van der Waals surface area contributed by atoms with Gasteiger partial charge in [0.15, 0.2) is 0 Å². The SMILES string of the molecule is Cc1ccc(C)c(CC2CCCC2O)c1. The molecule has 0 aliphatic heterocycles. The number of rotatable bonds is 2. The van der Waals surface area contributed by atoms with Crippen molar-refractivity contribution in [1.29, 1.82) is 0 Å². The zero-order valence-electron chi connectivity index (χ0n) is 9.66. The standard InChI is InChI=1S/C14H20O/c1-10-6-7-11(2)13(8-10)9-12-4-3-5-14(12)15/h6-8,12,14-15H,3-5,9H2,1-2H3. The fraction of sp³-hybridized carbons (Fsp3) is 0.571. The maximum Gasteiger partial charge on any atom is 0.0571 e. The predicted octanol–water partition coefficient (Wildman–Crippen LogP) is 3.01. The second-order valence-corrected chi connectivity index (χ2v) is 4.89. The Labute approximate surface area is 92.1 Å². The smallest absolute Gasteiger partial charge is 0.0571 e. The summed E-state index contributed by atoms with van der Waals surface area (Å²) in [7, 11) is 0. The lowest BCUT2D eigenvalue weighted by Gasteiger charge is -2.16. The molecule has 1 aliphatic rings. The first-order valence-electron chi connectivity index (χ1n) is 5.91. The molecular weight excluding hydrogens is 184 g/mol. The molecule has 15 heavy (non-hydrogen) atoms. The Morgan fingerprint density at radius 1 is 1.27 bits per heavy atom. The van der Waals surface area contributed by atoms with E-state index in [1.54, 1.807) is 0 Å². The summed E-state index contributed by atoms with van der Waals surface area (Å²) in [5, 5.41) is 9.81. The first-order valence-corrected chi connectivity index (χ1v) is 5.91. The average Bonchev–Trinajstić information content (AvgIpc) is 2.58. The summed E-state index contributed by atoms with van der Waals surface area (Å²) >= 11 is 0. The van der Waals surface area contributed by atoms with Gasteiger partial charge in [-0.1, -0.05) is 30.2 Å². The largest absolute Gasteiger partial charge is 0.393 e. The molecule has 0 saturated heterocycles. The summed E-state index contributed by atoms with van der Waals surface area (Å²) in [5.74, 6) is 0.491. The quantitative estimate of drug-likeness (QED) is 0.785. The van der Waals surface area contributed by atoms with Gasteiger partial charge >= 0.3 is 0 Å². The maximum atomic E-state index is 9.81. The molecule has 2 unspecified atom stereocenters. The van der Waals surface area contributed by atoms with E-state index in [-0.39, 0.29) is 6.10 Å². The number of aliphatic hydroxyl groups excluding tert-OH is 1. The van der Waals surface area contributed by atoms with Gasteiger partial charge in [-0.25, -0.2) is 0 Å². The van der Waals surface area contributed by atoms with Crippen molar-refractivity contribution in [3.05, 3.63) is 34.9 Å². The molecule has 0 aromatic heterocycles. The van der Waals surface area contributed by atoms with E-state index >= 15 is 0 Å². The minimum atomic E-state index is -0.0649. The molecular formula is C14H20O. The lowest BCUT2D eigenvalue weighted by Crippen LogP contribution is -2.16. The highest BCUT2D eigenvalue weighted by molar-refractivity contribution is 5.31. The minimum absolute atomic E-state index is 0.0649. The van der Waals surface area contributed by atoms with Crippen LogP contribution < -0.4 is 0 Å². The van der Waals surface area contributed by atoms with Gasteiger partial charge in [0.25, 0.3) is 0 Å². The molecule has 0 amide bonds. The van der Waals surface area contributed by atoms with Crippen LogP contribution in [0.2, 0.25) is 0 Å². The normalized spacial score (nSPS) is 25.8. The van der Waals surface area contributed by atoms with E-state index in [1.165, 1.54) is 29.5 Å². The molecule has 0 heterocycles. The average molecular weight is 204 g/mol. The van der Waals surface area contributed by atoms with Crippen molar-refractivity contribution in [1.82, 2.24) is 0 Å². The van der Waals surface area contributed by atoms with E-state index in [0.717, 1.165) is 12.8 Å². The summed E-state index contributed by atoms with van der Waals surface area (Å²) in [4.78, 5) is 0. The zero-order chi connectivity index (χ0) is 10.8. The van der Waals surface area contributed by atoms with Crippen molar-refractivity contribution < 1.29 is 5.11 Å². The molecule has 2 atom stereocenters. The minimum Gasteiger partial charge on any atom is -0.393 e. The number of hydrogen-bond donors (Lipinski definition) is 1. The molecule has 82 valence electrons. The van der Waals surface area contributed by atoms with Crippen LogP contribution in [-0.2, 0) is 6.42 Å². The Hall–Kier alpha value is -0.820. The first kappa shape index (κ1) is 10.7. The van der Waals surface area contributed by atoms with Crippen LogP contribution in [0.3, 0.4) is 0 Å². The van der Waals surface area contributed by atoms with Crippen molar-refractivity contribution >= 4 is 0 Å². The molecule has 1 saturated carbocycles. The lowest BCUT2D eigenvalue weighted by atomic mass is 9.92. The van der Waals surface area contributed by atoms with Gasteiger partial charge in [0.1, 0.15) is 0 Å².